The number of alkyl halides is 4. The van der Waals surface area contributed by atoms with Gasteiger partial charge in [-0.15, -0.1) is 11.6 Å². The van der Waals surface area contributed by atoms with E-state index in [0.29, 0.717) is 15.8 Å². The normalized spacial score (nSPS) is 13.0. The molecule has 0 aliphatic carbocycles. The minimum atomic E-state index is -4.46. The number of halogens is 5. The van der Waals surface area contributed by atoms with Crippen molar-refractivity contribution in [1.29, 1.82) is 0 Å². The highest BCUT2D eigenvalue weighted by molar-refractivity contribution is 9.10. The van der Waals surface area contributed by atoms with Crippen LogP contribution >= 0.6 is 27.5 Å². The fourth-order valence-corrected chi connectivity index (χ4v) is 2.64. The third-order valence-electron chi connectivity index (χ3n) is 3.00. The summed E-state index contributed by atoms with van der Waals surface area (Å²) in [6.45, 7) is 0. The zero-order valence-corrected chi connectivity index (χ0v) is 13.3. The molecule has 1 unspecified atom stereocenters. The molecule has 0 saturated heterocycles. The van der Waals surface area contributed by atoms with Crippen molar-refractivity contribution < 1.29 is 17.9 Å². The molecular formula is C15H11BrClF3O. The van der Waals surface area contributed by atoms with Crippen molar-refractivity contribution in [3.05, 3.63) is 63.6 Å². The molecule has 1 atom stereocenters. The molecule has 2 aromatic carbocycles. The van der Waals surface area contributed by atoms with Crippen LogP contribution in [0, 0.1) is 0 Å². The maximum atomic E-state index is 13.1. The van der Waals surface area contributed by atoms with Gasteiger partial charge in [0.2, 0.25) is 0 Å². The average molecular weight is 380 g/mol. The molecule has 0 amide bonds. The summed E-state index contributed by atoms with van der Waals surface area (Å²) in [6.07, 6.45) is -4.46. The Bertz CT molecular complexity index is 626. The van der Waals surface area contributed by atoms with Crippen molar-refractivity contribution in [2.24, 2.45) is 0 Å². The van der Waals surface area contributed by atoms with Crippen molar-refractivity contribution in [2.45, 2.75) is 11.6 Å². The van der Waals surface area contributed by atoms with Gasteiger partial charge in [-0.2, -0.15) is 13.2 Å². The summed E-state index contributed by atoms with van der Waals surface area (Å²) in [5.41, 5.74) is -0.143. The van der Waals surface area contributed by atoms with Crippen LogP contribution in [0.2, 0.25) is 0 Å². The van der Waals surface area contributed by atoms with Crippen LogP contribution < -0.4 is 4.74 Å². The monoisotopic (exact) mass is 378 g/mol. The van der Waals surface area contributed by atoms with Gasteiger partial charge >= 0.3 is 6.18 Å². The minimum Gasteiger partial charge on any atom is -0.497 e. The summed E-state index contributed by atoms with van der Waals surface area (Å²) in [5, 5.41) is -0.888. The Morgan fingerprint density at radius 1 is 1.10 bits per heavy atom. The lowest BCUT2D eigenvalue weighted by atomic mass is 9.99. The Morgan fingerprint density at radius 2 is 1.71 bits per heavy atom. The molecule has 21 heavy (non-hydrogen) atoms. The van der Waals surface area contributed by atoms with Crippen molar-refractivity contribution in [1.82, 2.24) is 0 Å². The first kappa shape index (κ1) is 16.2. The van der Waals surface area contributed by atoms with Crippen LogP contribution in [0.15, 0.2) is 46.9 Å². The van der Waals surface area contributed by atoms with Gasteiger partial charge in [0, 0.05) is 4.47 Å². The quantitative estimate of drug-likeness (QED) is 0.612. The van der Waals surface area contributed by atoms with Crippen molar-refractivity contribution in [2.75, 3.05) is 7.11 Å². The van der Waals surface area contributed by atoms with Crippen LogP contribution in [-0.2, 0) is 6.18 Å². The second kappa shape index (κ2) is 6.28. The first-order chi connectivity index (χ1) is 9.82. The molecule has 0 spiro atoms. The fourth-order valence-electron chi connectivity index (χ4n) is 1.95. The van der Waals surface area contributed by atoms with E-state index >= 15 is 0 Å². The van der Waals surface area contributed by atoms with Gasteiger partial charge in [0.25, 0.3) is 0 Å². The molecule has 2 aromatic rings. The van der Waals surface area contributed by atoms with Crippen molar-refractivity contribution in [3.63, 3.8) is 0 Å². The summed E-state index contributed by atoms with van der Waals surface area (Å²) >= 11 is 9.29. The molecule has 0 aliphatic rings. The van der Waals surface area contributed by atoms with E-state index in [2.05, 4.69) is 15.9 Å². The summed E-state index contributed by atoms with van der Waals surface area (Å²) in [4.78, 5) is 0. The molecule has 0 radical (unpaired) electrons. The van der Waals surface area contributed by atoms with E-state index in [-0.39, 0.29) is 5.56 Å². The molecule has 6 heteroatoms. The second-order valence-electron chi connectivity index (χ2n) is 4.37. The third kappa shape index (κ3) is 3.71. The lowest BCUT2D eigenvalue weighted by Gasteiger charge is -2.18. The number of benzene rings is 2. The van der Waals surface area contributed by atoms with Gasteiger partial charge in [0.15, 0.2) is 0 Å². The smallest absolute Gasteiger partial charge is 0.416 e. The highest BCUT2D eigenvalue weighted by Gasteiger charge is 2.35. The van der Waals surface area contributed by atoms with E-state index in [4.69, 9.17) is 16.3 Å². The van der Waals surface area contributed by atoms with E-state index in [1.165, 1.54) is 13.2 Å². The first-order valence-corrected chi connectivity index (χ1v) is 7.20. The van der Waals surface area contributed by atoms with Gasteiger partial charge in [-0.05, 0) is 35.4 Å². The molecule has 0 aromatic heterocycles. The third-order valence-corrected chi connectivity index (χ3v) is 3.98. The Balaban J connectivity index is 2.44. The predicted octanol–water partition coefficient (Wildman–Crippen LogP) is 5.80. The number of methoxy groups -OCH3 is 1. The fraction of sp³-hybridized carbons (Fsp3) is 0.200. The standard InChI is InChI=1S/C15H11BrClF3O/c1-21-11-5-2-9(3-6-11)14(17)12-7-4-10(16)8-13(12)15(18,19)20/h2-8,14H,1H3. The lowest BCUT2D eigenvalue weighted by molar-refractivity contribution is -0.138. The summed E-state index contributed by atoms with van der Waals surface area (Å²) < 4.78 is 44.7. The van der Waals surface area contributed by atoms with E-state index in [0.717, 1.165) is 6.07 Å². The number of rotatable bonds is 3. The van der Waals surface area contributed by atoms with E-state index in [1.54, 1.807) is 30.3 Å². The summed E-state index contributed by atoms with van der Waals surface area (Å²) in [5.74, 6) is 0.620. The number of hydrogen-bond donors (Lipinski definition) is 0. The minimum absolute atomic E-state index is 0.0255. The van der Waals surface area contributed by atoms with Crippen molar-refractivity contribution >= 4 is 27.5 Å². The van der Waals surface area contributed by atoms with Gasteiger partial charge in [-0.25, -0.2) is 0 Å². The van der Waals surface area contributed by atoms with Crippen LogP contribution in [0.1, 0.15) is 22.1 Å². The van der Waals surface area contributed by atoms with Crippen LogP contribution in [-0.4, -0.2) is 7.11 Å². The Labute approximate surface area is 133 Å². The maximum Gasteiger partial charge on any atom is 0.416 e. The SMILES string of the molecule is COc1ccc(C(Cl)c2ccc(Br)cc2C(F)(F)F)cc1. The van der Waals surface area contributed by atoms with Crippen LogP contribution in [0.3, 0.4) is 0 Å². The highest BCUT2D eigenvalue weighted by atomic mass is 79.9. The molecule has 112 valence electrons. The van der Waals surface area contributed by atoms with Crippen LogP contribution in [0.5, 0.6) is 5.75 Å². The Morgan fingerprint density at radius 3 is 2.24 bits per heavy atom. The van der Waals surface area contributed by atoms with Gasteiger partial charge in [-0.1, -0.05) is 34.1 Å². The predicted molar refractivity (Wildman–Crippen MR) is 79.8 cm³/mol. The van der Waals surface area contributed by atoms with Crippen LogP contribution in [0.4, 0.5) is 13.2 Å². The lowest BCUT2D eigenvalue weighted by Crippen LogP contribution is -2.11. The highest BCUT2D eigenvalue weighted by Crippen LogP contribution is 2.40. The van der Waals surface area contributed by atoms with Crippen LogP contribution in [0.25, 0.3) is 0 Å². The second-order valence-corrected chi connectivity index (χ2v) is 5.72. The Hall–Kier alpha value is -1.20. The van der Waals surface area contributed by atoms with E-state index < -0.39 is 17.1 Å². The maximum absolute atomic E-state index is 13.1. The van der Waals surface area contributed by atoms with Gasteiger partial charge in [-0.3, -0.25) is 0 Å². The molecule has 0 heterocycles. The first-order valence-electron chi connectivity index (χ1n) is 5.97. The van der Waals surface area contributed by atoms with Gasteiger partial charge in [0.05, 0.1) is 18.1 Å². The molecule has 0 aliphatic heterocycles. The summed E-state index contributed by atoms with van der Waals surface area (Å²) in [6, 6.07) is 10.6. The van der Waals surface area contributed by atoms with E-state index in [1.807, 2.05) is 0 Å². The largest absolute Gasteiger partial charge is 0.497 e. The molecule has 1 nitrogen and oxygen atoms in total. The zero-order valence-electron chi connectivity index (χ0n) is 10.9. The number of ether oxygens (including phenoxy) is 1. The molecule has 0 fully saturated rings. The van der Waals surface area contributed by atoms with E-state index in [9.17, 15) is 13.2 Å². The van der Waals surface area contributed by atoms with Gasteiger partial charge in [0.1, 0.15) is 5.75 Å². The molecule has 0 saturated carbocycles. The molecule has 0 bridgehead atoms. The Kier molecular flexibility index (Phi) is 4.84. The number of hydrogen-bond acceptors (Lipinski definition) is 1. The zero-order chi connectivity index (χ0) is 15.6. The summed E-state index contributed by atoms with van der Waals surface area (Å²) in [7, 11) is 1.52. The van der Waals surface area contributed by atoms with Gasteiger partial charge < -0.3 is 4.74 Å². The molecular weight excluding hydrogens is 369 g/mol. The molecule has 2 rings (SSSR count). The topological polar surface area (TPSA) is 9.23 Å². The molecule has 0 N–H and O–H groups in total. The average Bonchev–Trinajstić information content (AvgIpc) is 2.45. The van der Waals surface area contributed by atoms with Crippen molar-refractivity contribution in [3.8, 4) is 5.75 Å².